The van der Waals surface area contributed by atoms with Gasteiger partial charge in [-0.1, -0.05) is 49.0 Å². The summed E-state index contributed by atoms with van der Waals surface area (Å²) in [6, 6.07) is 10.5. The molecule has 0 amide bonds. The van der Waals surface area contributed by atoms with Crippen molar-refractivity contribution in [2.24, 2.45) is 13.0 Å². The van der Waals surface area contributed by atoms with Gasteiger partial charge in [0.05, 0.1) is 11.5 Å². The number of aromatic nitrogens is 3. The summed E-state index contributed by atoms with van der Waals surface area (Å²) < 4.78 is 25.2. The topological polar surface area (TPSA) is 64.8 Å². The molecule has 25 heavy (non-hydrogen) atoms. The Bertz CT molecular complexity index is 803. The number of rotatable bonds is 7. The van der Waals surface area contributed by atoms with Crippen molar-refractivity contribution in [3.05, 3.63) is 41.7 Å². The number of thioether (sulfide) groups is 1. The van der Waals surface area contributed by atoms with Gasteiger partial charge in [0.25, 0.3) is 0 Å². The zero-order chi connectivity index (χ0) is 17.9. The monoisotopic (exact) mass is 379 g/mol. The van der Waals surface area contributed by atoms with Gasteiger partial charge in [-0.25, -0.2) is 8.42 Å². The fraction of sp³-hybridized carbons (Fsp3) is 0.556. The molecule has 2 heterocycles. The van der Waals surface area contributed by atoms with Crippen LogP contribution < -0.4 is 0 Å². The minimum atomic E-state index is -2.84. The normalized spacial score (nSPS) is 20.6. The van der Waals surface area contributed by atoms with Crippen molar-refractivity contribution in [2.45, 2.75) is 43.0 Å². The second-order valence-electron chi connectivity index (χ2n) is 6.88. The molecule has 5 nitrogen and oxygen atoms in total. The van der Waals surface area contributed by atoms with Crippen LogP contribution in [0.4, 0.5) is 0 Å². The summed E-state index contributed by atoms with van der Waals surface area (Å²) in [6.07, 6.45) is 3.57. The molecule has 0 N–H and O–H groups in total. The molecule has 1 fully saturated rings. The summed E-state index contributed by atoms with van der Waals surface area (Å²) in [7, 11) is -0.860. The molecule has 2 unspecified atom stereocenters. The lowest BCUT2D eigenvalue weighted by Crippen LogP contribution is -2.11. The fourth-order valence-corrected chi connectivity index (χ4v) is 5.98. The van der Waals surface area contributed by atoms with E-state index in [1.807, 2.05) is 17.7 Å². The molecular weight excluding hydrogens is 354 g/mol. The van der Waals surface area contributed by atoms with Crippen molar-refractivity contribution in [3.8, 4) is 0 Å². The second-order valence-corrected chi connectivity index (χ2v) is 10.5. The third-order valence-electron chi connectivity index (χ3n) is 4.71. The van der Waals surface area contributed by atoms with Crippen LogP contribution in [-0.2, 0) is 29.7 Å². The maximum atomic E-state index is 11.6. The van der Waals surface area contributed by atoms with Crippen molar-refractivity contribution in [1.82, 2.24) is 14.8 Å². The molecule has 1 saturated heterocycles. The lowest BCUT2D eigenvalue weighted by molar-refractivity contribution is 0.552. The number of hydrogen-bond donors (Lipinski definition) is 0. The van der Waals surface area contributed by atoms with E-state index in [4.69, 9.17) is 0 Å². The van der Waals surface area contributed by atoms with Crippen LogP contribution in [0.3, 0.4) is 0 Å². The van der Waals surface area contributed by atoms with Gasteiger partial charge >= 0.3 is 0 Å². The third kappa shape index (κ3) is 5.07. The Morgan fingerprint density at radius 2 is 2.04 bits per heavy atom. The Hall–Kier alpha value is -1.34. The van der Waals surface area contributed by atoms with Crippen LogP contribution in [0.2, 0.25) is 0 Å². The van der Waals surface area contributed by atoms with Crippen LogP contribution in [0.25, 0.3) is 0 Å². The van der Waals surface area contributed by atoms with Crippen LogP contribution in [0.1, 0.15) is 31.2 Å². The first-order valence-electron chi connectivity index (χ1n) is 8.72. The summed E-state index contributed by atoms with van der Waals surface area (Å²) in [4.78, 5) is 0. The summed E-state index contributed by atoms with van der Waals surface area (Å²) in [5, 5.41) is 9.97. The van der Waals surface area contributed by atoms with Crippen molar-refractivity contribution in [1.29, 1.82) is 0 Å². The van der Waals surface area contributed by atoms with Crippen LogP contribution in [0.15, 0.2) is 35.5 Å². The number of nitrogens with zero attached hydrogens (tertiary/aromatic N) is 3. The first-order valence-corrected chi connectivity index (χ1v) is 11.4. The number of sulfone groups is 1. The zero-order valence-corrected chi connectivity index (χ0v) is 16.4. The predicted molar refractivity (Wildman–Crippen MR) is 102 cm³/mol. The van der Waals surface area contributed by atoms with Gasteiger partial charge < -0.3 is 4.57 Å². The van der Waals surface area contributed by atoms with E-state index in [0.29, 0.717) is 17.4 Å². The molecular formula is C18H25N3O2S2. The number of aryl methyl sites for hydroxylation is 1. The quantitative estimate of drug-likeness (QED) is 0.692. The minimum absolute atomic E-state index is 0.182. The van der Waals surface area contributed by atoms with Gasteiger partial charge in [-0.3, -0.25) is 0 Å². The van der Waals surface area contributed by atoms with Gasteiger partial charge in [-0.05, 0) is 30.7 Å². The van der Waals surface area contributed by atoms with Crippen LogP contribution in [-0.4, -0.2) is 39.9 Å². The molecule has 1 aliphatic rings. The van der Waals surface area contributed by atoms with Gasteiger partial charge in [-0.2, -0.15) is 0 Å². The SMILES string of the molecule is CC(CCc1ccccc1)Sc1nnc(CC2CCS(=O)(=O)C2)n1C. The molecule has 1 aromatic heterocycles. The van der Waals surface area contributed by atoms with E-state index in [-0.39, 0.29) is 11.7 Å². The lowest BCUT2D eigenvalue weighted by atomic mass is 10.1. The molecule has 1 aromatic carbocycles. The summed E-state index contributed by atoms with van der Waals surface area (Å²) >= 11 is 1.74. The largest absolute Gasteiger partial charge is 0.309 e. The molecule has 0 saturated carbocycles. The average Bonchev–Trinajstić information content (AvgIpc) is 3.10. The smallest absolute Gasteiger partial charge is 0.191 e. The van der Waals surface area contributed by atoms with Gasteiger partial charge in [0.2, 0.25) is 0 Å². The molecule has 0 bridgehead atoms. The van der Waals surface area contributed by atoms with E-state index in [2.05, 4.69) is 41.4 Å². The first-order chi connectivity index (χ1) is 11.9. The molecule has 2 atom stereocenters. The number of benzene rings is 1. The predicted octanol–water partition coefficient (Wildman–Crippen LogP) is 2.91. The van der Waals surface area contributed by atoms with E-state index in [9.17, 15) is 8.42 Å². The van der Waals surface area contributed by atoms with E-state index < -0.39 is 9.84 Å². The zero-order valence-electron chi connectivity index (χ0n) is 14.8. The third-order valence-corrected chi connectivity index (χ3v) is 7.75. The average molecular weight is 380 g/mol. The standard InChI is InChI=1S/C18H25N3O2S2/c1-14(8-9-15-6-4-3-5-7-15)24-18-20-19-17(21(18)2)12-16-10-11-25(22,23)13-16/h3-7,14,16H,8-13H2,1-2H3. The van der Waals surface area contributed by atoms with E-state index in [0.717, 1.165) is 30.2 Å². The summed E-state index contributed by atoms with van der Waals surface area (Å²) in [5.74, 6) is 1.67. The van der Waals surface area contributed by atoms with Gasteiger partial charge in [0.15, 0.2) is 15.0 Å². The Kier molecular flexibility index (Phi) is 5.84. The highest BCUT2D eigenvalue weighted by molar-refractivity contribution is 7.99. The van der Waals surface area contributed by atoms with Gasteiger partial charge in [0.1, 0.15) is 5.82 Å². The van der Waals surface area contributed by atoms with E-state index >= 15 is 0 Å². The van der Waals surface area contributed by atoms with E-state index in [1.54, 1.807) is 11.8 Å². The summed E-state index contributed by atoms with van der Waals surface area (Å²) in [6.45, 7) is 2.21. The van der Waals surface area contributed by atoms with Crippen LogP contribution in [0, 0.1) is 5.92 Å². The molecule has 3 rings (SSSR count). The molecule has 0 spiro atoms. The van der Waals surface area contributed by atoms with Gasteiger partial charge in [0, 0.05) is 18.7 Å². The molecule has 0 radical (unpaired) electrons. The highest BCUT2D eigenvalue weighted by Gasteiger charge is 2.29. The van der Waals surface area contributed by atoms with Crippen molar-refractivity contribution >= 4 is 21.6 Å². The molecule has 2 aromatic rings. The Morgan fingerprint density at radius 1 is 1.28 bits per heavy atom. The second kappa shape index (κ2) is 7.91. The number of hydrogen-bond acceptors (Lipinski definition) is 5. The first kappa shape index (κ1) is 18.5. The van der Waals surface area contributed by atoms with Crippen LogP contribution >= 0.6 is 11.8 Å². The molecule has 7 heteroatoms. The Morgan fingerprint density at radius 3 is 2.72 bits per heavy atom. The Balaban J connectivity index is 1.54. The fourth-order valence-electron chi connectivity index (χ4n) is 3.17. The lowest BCUT2D eigenvalue weighted by Gasteiger charge is -2.11. The maximum absolute atomic E-state index is 11.6. The molecule has 0 aliphatic carbocycles. The van der Waals surface area contributed by atoms with Crippen molar-refractivity contribution in [3.63, 3.8) is 0 Å². The maximum Gasteiger partial charge on any atom is 0.191 e. The highest BCUT2D eigenvalue weighted by Crippen LogP contribution is 2.27. The van der Waals surface area contributed by atoms with Crippen molar-refractivity contribution in [2.75, 3.05) is 11.5 Å². The highest BCUT2D eigenvalue weighted by atomic mass is 32.2. The minimum Gasteiger partial charge on any atom is -0.309 e. The van der Waals surface area contributed by atoms with E-state index in [1.165, 1.54) is 5.56 Å². The van der Waals surface area contributed by atoms with Crippen molar-refractivity contribution < 1.29 is 8.42 Å². The molecule has 136 valence electrons. The molecule has 1 aliphatic heterocycles. The summed E-state index contributed by atoms with van der Waals surface area (Å²) in [5.41, 5.74) is 1.36. The van der Waals surface area contributed by atoms with Gasteiger partial charge in [-0.15, -0.1) is 10.2 Å². The van der Waals surface area contributed by atoms with Crippen LogP contribution in [0.5, 0.6) is 0 Å². The Labute approximate surface area is 154 Å².